The Labute approximate surface area is 201 Å². The first-order valence-electron chi connectivity index (χ1n) is 11.3. The average Bonchev–Trinajstić information content (AvgIpc) is 3.20. The van der Waals surface area contributed by atoms with Crippen molar-refractivity contribution in [2.45, 2.75) is 51.8 Å². The van der Waals surface area contributed by atoms with E-state index in [1.54, 1.807) is 43.9 Å². The summed E-state index contributed by atoms with van der Waals surface area (Å²) in [5.41, 5.74) is -1.82. The van der Waals surface area contributed by atoms with E-state index in [2.05, 4.69) is 5.32 Å². The molecule has 1 saturated heterocycles. The van der Waals surface area contributed by atoms with Crippen LogP contribution in [0.1, 0.15) is 49.2 Å². The molecule has 1 aliphatic rings. The smallest absolute Gasteiger partial charge is 0.407 e. The second-order valence-electron chi connectivity index (χ2n) is 9.48. The van der Waals surface area contributed by atoms with E-state index in [9.17, 15) is 29.1 Å². The minimum absolute atomic E-state index is 0.0961. The Morgan fingerprint density at radius 1 is 1.14 bits per heavy atom. The Morgan fingerprint density at radius 2 is 1.80 bits per heavy atom. The lowest BCUT2D eigenvalue weighted by atomic mass is 10.1. The molecule has 1 fully saturated rings. The number of hydrogen-bond acceptors (Lipinski definition) is 7. The van der Waals surface area contributed by atoms with Crippen LogP contribution in [0.15, 0.2) is 46.1 Å². The van der Waals surface area contributed by atoms with Gasteiger partial charge in [-0.2, -0.15) is 4.57 Å². The fourth-order valence-corrected chi connectivity index (χ4v) is 4.05. The Balaban J connectivity index is 1.83. The highest BCUT2D eigenvalue weighted by molar-refractivity contribution is 5.95. The molecule has 2 aromatic rings. The number of carboxylic acid groups (broad SMARTS) is 1. The summed E-state index contributed by atoms with van der Waals surface area (Å²) in [4.78, 5) is 64.3. The zero-order valence-corrected chi connectivity index (χ0v) is 20.2. The van der Waals surface area contributed by atoms with E-state index < -0.39 is 46.9 Å². The molecule has 3 rings (SSSR count). The summed E-state index contributed by atoms with van der Waals surface area (Å²) in [7, 11) is 0. The number of aryl methyl sites for hydroxylation is 1. The lowest BCUT2D eigenvalue weighted by molar-refractivity contribution is -0.142. The molecule has 35 heavy (non-hydrogen) atoms. The van der Waals surface area contributed by atoms with Crippen LogP contribution in [-0.2, 0) is 9.53 Å². The predicted molar refractivity (Wildman–Crippen MR) is 127 cm³/mol. The number of amides is 1. The summed E-state index contributed by atoms with van der Waals surface area (Å²) in [6, 6.07) is 6.50. The third-order valence-corrected chi connectivity index (χ3v) is 5.64. The van der Waals surface area contributed by atoms with Crippen LogP contribution in [0.3, 0.4) is 0 Å². The minimum Gasteiger partial charge on any atom is -0.480 e. The standard InChI is InChI=1S/C24H30N4O7/c1-15-13-27(23(34)28(19(15)29)20(30)16-8-6-5-7-9-16)17-12-18(21(31)32)26(14-17)11-10-25-22(33)35-24(2,3)4/h5-9,13,17-18H,10-12,14H2,1-4H3,(H,25,33)(H,31,32)/t17-,18-/m1/s1. The summed E-state index contributed by atoms with van der Waals surface area (Å²) in [5, 5.41) is 12.3. The van der Waals surface area contributed by atoms with Gasteiger partial charge < -0.3 is 15.2 Å². The number of rotatable bonds is 6. The van der Waals surface area contributed by atoms with E-state index in [1.165, 1.54) is 29.8 Å². The summed E-state index contributed by atoms with van der Waals surface area (Å²) < 4.78 is 7.03. The number of benzene rings is 1. The second-order valence-corrected chi connectivity index (χ2v) is 9.48. The fourth-order valence-electron chi connectivity index (χ4n) is 4.05. The van der Waals surface area contributed by atoms with Gasteiger partial charge in [-0.1, -0.05) is 18.2 Å². The summed E-state index contributed by atoms with van der Waals surface area (Å²) in [6.07, 6.45) is 0.850. The van der Waals surface area contributed by atoms with Crippen molar-refractivity contribution in [2.24, 2.45) is 0 Å². The number of nitrogens with zero attached hydrogens (tertiary/aromatic N) is 3. The summed E-state index contributed by atoms with van der Waals surface area (Å²) in [6.45, 7) is 7.25. The molecule has 2 atom stereocenters. The molecule has 0 unspecified atom stereocenters. The number of alkyl carbamates (subject to hydrolysis) is 1. The van der Waals surface area contributed by atoms with E-state index >= 15 is 0 Å². The maximum absolute atomic E-state index is 13.2. The highest BCUT2D eigenvalue weighted by Gasteiger charge is 2.38. The largest absolute Gasteiger partial charge is 0.480 e. The van der Waals surface area contributed by atoms with E-state index in [4.69, 9.17) is 4.74 Å². The van der Waals surface area contributed by atoms with Gasteiger partial charge in [0.05, 0.1) is 6.04 Å². The van der Waals surface area contributed by atoms with Crippen LogP contribution < -0.4 is 16.6 Å². The van der Waals surface area contributed by atoms with Gasteiger partial charge in [0, 0.05) is 37.0 Å². The maximum Gasteiger partial charge on any atom is 0.407 e. The van der Waals surface area contributed by atoms with Crippen LogP contribution in [0.2, 0.25) is 0 Å². The van der Waals surface area contributed by atoms with Crippen molar-refractivity contribution in [1.82, 2.24) is 19.4 Å². The summed E-state index contributed by atoms with van der Waals surface area (Å²) >= 11 is 0. The third kappa shape index (κ3) is 6.04. The molecule has 0 saturated carbocycles. The first-order chi connectivity index (χ1) is 16.4. The van der Waals surface area contributed by atoms with E-state index in [-0.39, 0.29) is 37.2 Å². The number of aliphatic carboxylic acids is 1. The monoisotopic (exact) mass is 486 g/mol. The molecule has 0 spiro atoms. The number of nitrogens with one attached hydrogen (secondary N) is 1. The van der Waals surface area contributed by atoms with Crippen LogP contribution in [0.5, 0.6) is 0 Å². The van der Waals surface area contributed by atoms with Crippen molar-refractivity contribution in [3.63, 3.8) is 0 Å². The minimum atomic E-state index is -1.07. The SMILES string of the molecule is Cc1cn([C@@H]2C[C@H](C(=O)O)N(CCNC(=O)OC(C)(C)C)C2)c(=O)n(C(=O)c2ccccc2)c1=O. The molecule has 11 nitrogen and oxygen atoms in total. The lowest BCUT2D eigenvalue weighted by Gasteiger charge is -2.23. The highest BCUT2D eigenvalue weighted by Crippen LogP contribution is 2.26. The van der Waals surface area contributed by atoms with E-state index in [0.29, 0.717) is 4.57 Å². The summed E-state index contributed by atoms with van der Waals surface area (Å²) in [5.74, 6) is -1.81. The topological polar surface area (TPSA) is 140 Å². The molecule has 1 aromatic carbocycles. The van der Waals surface area contributed by atoms with Gasteiger partial charge in [0.25, 0.3) is 11.5 Å². The van der Waals surface area contributed by atoms with Gasteiger partial charge in [-0.05, 0) is 46.2 Å². The van der Waals surface area contributed by atoms with Crippen molar-refractivity contribution in [2.75, 3.05) is 19.6 Å². The van der Waals surface area contributed by atoms with Gasteiger partial charge in [-0.15, -0.1) is 0 Å². The lowest BCUT2D eigenvalue weighted by Crippen LogP contribution is -2.46. The molecule has 0 radical (unpaired) electrons. The number of carbonyl (C=O) groups excluding carboxylic acids is 2. The third-order valence-electron chi connectivity index (χ3n) is 5.64. The highest BCUT2D eigenvalue weighted by atomic mass is 16.6. The first-order valence-corrected chi connectivity index (χ1v) is 11.3. The normalized spacial score (nSPS) is 18.3. The molecule has 1 aromatic heterocycles. The molecule has 11 heteroatoms. The van der Waals surface area contributed by atoms with Gasteiger partial charge in [0.2, 0.25) is 0 Å². The van der Waals surface area contributed by atoms with Crippen LogP contribution in [0.25, 0.3) is 0 Å². The number of ether oxygens (including phenoxy) is 1. The molecular formula is C24H30N4O7. The van der Waals surface area contributed by atoms with E-state index in [0.717, 1.165) is 0 Å². The van der Waals surface area contributed by atoms with Crippen molar-refractivity contribution < 1.29 is 24.2 Å². The van der Waals surface area contributed by atoms with Gasteiger partial charge in [0.1, 0.15) is 11.6 Å². The number of carboxylic acids is 1. The van der Waals surface area contributed by atoms with Crippen LogP contribution in [-0.4, -0.2) is 68.4 Å². The van der Waals surface area contributed by atoms with Crippen molar-refractivity contribution in [3.8, 4) is 0 Å². The molecule has 188 valence electrons. The van der Waals surface area contributed by atoms with E-state index in [1.807, 2.05) is 0 Å². The van der Waals surface area contributed by atoms with Gasteiger partial charge in [-0.3, -0.25) is 23.9 Å². The van der Waals surface area contributed by atoms with Crippen molar-refractivity contribution in [1.29, 1.82) is 0 Å². The number of carbonyl (C=O) groups is 3. The number of hydrogen-bond donors (Lipinski definition) is 2. The first kappa shape index (κ1) is 25.9. The number of likely N-dealkylation sites (tertiary alicyclic amines) is 1. The molecule has 1 aliphatic heterocycles. The van der Waals surface area contributed by atoms with Crippen LogP contribution in [0.4, 0.5) is 4.79 Å². The number of aromatic nitrogens is 2. The van der Waals surface area contributed by atoms with Gasteiger partial charge >= 0.3 is 17.8 Å². The predicted octanol–water partition coefficient (Wildman–Crippen LogP) is 1.23. The second kappa shape index (κ2) is 10.3. The van der Waals surface area contributed by atoms with Gasteiger partial charge in [0.15, 0.2) is 0 Å². The zero-order chi connectivity index (χ0) is 25.9. The molecule has 0 aliphatic carbocycles. The Morgan fingerprint density at radius 3 is 2.40 bits per heavy atom. The Kier molecular flexibility index (Phi) is 7.59. The molecule has 0 bridgehead atoms. The fraction of sp³-hybridized carbons (Fsp3) is 0.458. The van der Waals surface area contributed by atoms with Crippen molar-refractivity contribution >= 4 is 18.0 Å². The van der Waals surface area contributed by atoms with Crippen LogP contribution >= 0.6 is 0 Å². The Bertz CT molecular complexity index is 1230. The molecular weight excluding hydrogens is 456 g/mol. The molecule has 2 heterocycles. The molecule has 1 amide bonds. The zero-order valence-electron chi connectivity index (χ0n) is 20.2. The van der Waals surface area contributed by atoms with Gasteiger partial charge in [-0.25, -0.2) is 9.59 Å². The van der Waals surface area contributed by atoms with Crippen LogP contribution in [0, 0.1) is 6.92 Å². The Hall–Kier alpha value is -3.73. The van der Waals surface area contributed by atoms with Crippen molar-refractivity contribution in [3.05, 3.63) is 68.5 Å². The average molecular weight is 487 g/mol. The quantitative estimate of drug-likeness (QED) is 0.621. The molecule has 2 N–H and O–H groups in total. The maximum atomic E-state index is 13.2.